The number of ether oxygens (including phenoxy) is 2. The highest BCUT2D eigenvalue weighted by Gasteiger charge is 2.10. The molecule has 0 bridgehead atoms. The summed E-state index contributed by atoms with van der Waals surface area (Å²) in [7, 11) is 0. The van der Waals surface area contributed by atoms with Crippen LogP contribution in [0.4, 0.5) is 0 Å². The summed E-state index contributed by atoms with van der Waals surface area (Å²) < 4.78 is 11.5. The first-order valence-corrected chi connectivity index (χ1v) is 8.54. The average molecular weight is 306 g/mol. The maximum atomic E-state index is 5.81. The Hall–Kier alpha value is -1.26. The van der Waals surface area contributed by atoms with Gasteiger partial charge >= 0.3 is 0 Å². The number of nitrogens with zero attached hydrogens (tertiary/aromatic N) is 1. The largest absolute Gasteiger partial charge is 0.490 e. The molecule has 0 saturated carbocycles. The van der Waals surface area contributed by atoms with Crippen molar-refractivity contribution in [2.24, 2.45) is 0 Å². The van der Waals surface area contributed by atoms with Gasteiger partial charge in [-0.05, 0) is 57.9 Å². The zero-order valence-electron chi connectivity index (χ0n) is 14.2. The van der Waals surface area contributed by atoms with Crippen molar-refractivity contribution in [1.29, 1.82) is 0 Å². The van der Waals surface area contributed by atoms with E-state index in [-0.39, 0.29) is 6.10 Å². The molecular weight excluding hydrogens is 276 g/mol. The van der Waals surface area contributed by atoms with E-state index in [2.05, 4.69) is 22.3 Å². The molecule has 0 amide bonds. The van der Waals surface area contributed by atoms with E-state index in [1.807, 2.05) is 26.8 Å². The minimum atomic E-state index is 0.165. The fourth-order valence-electron chi connectivity index (χ4n) is 2.77. The summed E-state index contributed by atoms with van der Waals surface area (Å²) in [6, 6.07) is 6.35. The van der Waals surface area contributed by atoms with Crippen LogP contribution in [0.15, 0.2) is 18.2 Å². The van der Waals surface area contributed by atoms with Crippen LogP contribution in [0.25, 0.3) is 0 Å². The molecule has 0 aliphatic carbocycles. The first-order valence-electron chi connectivity index (χ1n) is 8.54. The van der Waals surface area contributed by atoms with E-state index in [0.29, 0.717) is 6.61 Å². The normalized spacial score (nSPS) is 16.0. The maximum absolute atomic E-state index is 5.81. The Kier molecular flexibility index (Phi) is 7.00. The van der Waals surface area contributed by atoms with Gasteiger partial charge in [0.25, 0.3) is 0 Å². The third-order valence-electron chi connectivity index (χ3n) is 3.82. The molecule has 1 aromatic carbocycles. The summed E-state index contributed by atoms with van der Waals surface area (Å²) in [6.07, 6.45) is 2.44. The van der Waals surface area contributed by atoms with Gasteiger partial charge in [-0.3, -0.25) is 0 Å². The molecule has 0 spiro atoms. The van der Waals surface area contributed by atoms with Crippen molar-refractivity contribution in [3.63, 3.8) is 0 Å². The van der Waals surface area contributed by atoms with Gasteiger partial charge in [0.15, 0.2) is 11.5 Å². The molecule has 1 heterocycles. The number of rotatable bonds is 8. The highest BCUT2D eigenvalue weighted by Crippen LogP contribution is 2.29. The quantitative estimate of drug-likeness (QED) is 0.801. The number of piperazine rings is 1. The summed E-state index contributed by atoms with van der Waals surface area (Å²) in [6.45, 7) is 12.5. The Morgan fingerprint density at radius 1 is 1.18 bits per heavy atom. The predicted octanol–water partition coefficient (Wildman–Crippen LogP) is 2.71. The van der Waals surface area contributed by atoms with Crippen LogP contribution in [0.1, 0.15) is 32.8 Å². The van der Waals surface area contributed by atoms with Gasteiger partial charge < -0.3 is 19.7 Å². The minimum absolute atomic E-state index is 0.165. The summed E-state index contributed by atoms with van der Waals surface area (Å²) in [5, 5.41) is 3.39. The lowest BCUT2D eigenvalue weighted by Crippen LogP contribution is -2.43. The van der Waals surface area contributed by atoms with E-state index in [4.69, 9.17) is 9.47 Å². The lowest BCUT2D eigenvalue weighted by Gasteiger charge is -2.27. The fraction of sp³-hybridized carbons (Fsp3) is 0.667. The van der Waals surface area contributed by atoms with Crippen LogP contribution in [-0.2, 0) is 6.42 Å². The topological polar surface area (TPSA) is 33.7 Å². The number of hydrogen-bond acceptors (Lipinski definition) is 4. The molecular formula is C18H30N2O2. The number of hydrogen-bond donors (Lipinski definition) is 1. The third kappa shape index (κ3) is 5.50. The van der Waals surface area contributed by atoms with Gasteiger partial charge in [-0.1, -0.05) is 6.07 Å². The molecule has 0 aromatic heterocycles. The zero-order chi connectivity index (χ0) is 15.8. The summed E-state index contributed by atoms with van der Waals surface area (Å²) in [4.78, 5) is 2.54. The second-order valence-corrected chi connectivity index (χ2v) is 6.08. The van der Waals surface area contributed by atoms with Crippen molar-refractivity contribution < 1.29 is 9.47 Å². The SMILES string of the molecule is CCOc1cc(CCCN2CCNCC2)ccc1OC(C)C. The van der Waals surface area contributed by atoms with Gasteiger partial charge in [-0.25, -0.2) is 0 Å². The zero-order valence-corrected chi connectivity index (χ0v) is 14.2. The molecule has 1 saturated heterocycles. The van der Waals surface area contributed by atoms with Gasteiger partial charge in [-0.15, -0.1) is 0 Å². The standard InChI is InChI=1S/C18H30N2O2/c1-4-21-18-14-16(7-8-17(18)22-15(2)3)6-5-11-20-12-9-19-10-13-20/h7-8,14-15,19H,4-6,9-13H2,1-3H3. The van der Waals surface area contributed by atoms with Crippen molar-refractivity contribution in [1.82, 2.24) is 10.2 Å². The molecule has 1 fully saturated rings. The Bertz CT molecular complexity index is 443. The van der Waals surface area contributed by atoms with E-state index in [1.165, 1.54) is 31.6 Å². The summed E-state index contributed by atoms with van der Waals surface area (Å²) in [5.74, 6) is 1.72. The van der Waals surface area contributed by atoms with E-state index in [0.717, 1.165) is 31.0 Å². The fourth-order valence-corrected chi connectivity index (χ4v) is 2.77. The summed E-state index contributed by atoms with van der Waals surface area (Å²) >= 11 is 0. The third-order valence-corrected chi connectivity index (χ3v) is 3.82. The number of aryl methyl sites for hydroxylation is 1. The van der Waals surface area contributed by atoms with Gasteiger partial charge in [0, 0.05) is 26.2 Å². The molecule has 1 aromatic rings. The molecule has 1 N–H and O–H groups in total. The van der Waals surface area contributed by atoms with Gasteiger partial charge in [0.1, 0.15) is 0 Å². The number of nitrogens with one attached hydrogen (secondary N) is 1. The van der Waals surface area contributed by atoms with E-state index >= 15 is 0 Å². The lowest BCUT2D eigenvalue weighted by molar-refractivity contribution is 0.223. The smallest absolute Gasteiger partial charge is 0.161 e. The summed E-state index contributed by atoms with van der Waals surface area (Å²) in [5.41, 5.74) is 1.33. The Balaban J connectivity index is 1.88. The van der Waals surface area contributed by atoms with Gasteiger partial charge in [0.2, 0.25) is 0 Å². The first kappa shape index (κ1) is 17.1. The number of benzene rings is 1. The molecule has 124 valence electrons. The predicted molar refractivity (Wildman–Crippen MR) is 91.0 cm³/mol. The molecule has 1 aliphatic rings. The van der Waals surface area contributed by atoms with E-state index in [1.54, 1.807) is 0 Å². The highest BCUT2D eigenvalue weighted by atomic mass is 16.5. The second kappa shape index (κ2) is 9.01. The van der Waals surface area contributed by atoms with Gasteiger partial charge in [-0.2, -0.15) is 0 Å². The van der Waals surface area contributed by atoms with Crippen LogP contribution in [0.2, 0.25) is 0 Å². The Morgan fingerprint density at radius 2 is 1.95 bits per heavy atom. The molecule has 0 atom stereocenters. The Morgan fingerprint density at radius 3 is 2.64 bits per heavy atom. The monoisotopic (exact) mass is 306 g/mol. The van der Waals surface area contributed by atoms with Crippen LogP contribution in [0.5, 0.6) is 11.5 Å². The van der Waals surface area contributed by atoms with Crippen LogP contribution < -0.4 is 14.8 Å². The van der Waals surface area contributed by atoms with Crippen molar-refractivity contribution in [3.05, 3.63) is 23.8 Å². The van der Waals surface area contributed by atoms with Crippen LogP contribution in [0.3, 0.4) is 0 Å². The molecule has 22 heavy (non-hydrogen) atoms. The first-order chi connectivity index (χ1) is 10.7. The van der Waals surface area contributed by atoms with Crippen molar-refractivity contribution >= 4 is 0 Å². The lowest BCUT2D eigenvalue weighted by atomic mass is 10.1. The second-order valence-electron chi connectivity index (χ2n) is 6.08. The van der Waals surface area contributed by atoms with Crippen molar-refractivity contribution in [2.45, 2.75) is 39.7 Å². The Labute approximate surface area is 134 Å². The van der Waals surface area contributed by atoms with Crippen molar-refractivity contribution in [3.8, 4) is 11.5 Å². The molecule has 1 aliphatic heterocycles. The highest BCUT2D eigenvalue weighted by molar-refractivity contribution is 5.43. The molecule has 0 unspecified atom stereocenters. The van der Waals surface area contributed by atoms with Gasteiger partial charge in [0.05, 0.1) is 12.7 Å². The maximum Gasteiger partial charge on any atom is 0.161 e. The molecule has 4 heteroatoms. The van der Waals surface area contributed by atoms with Crippen LogP contribution in [0, 0.1) is 0 Å². The molecule has 0 radical (unpaired) electrons. The van der Waals surface area contributed by atoms with E-state index < -0.39 is 0 Å². The average Bonchev–Trinajstić information content (AvgIpc) is 2.51. The van der Waals surface area contributed by atoms with Crippen LogP contribution in [-0.4, -0.2) is 50.3 Å². The molecule has 4 nitrogen and oxygen atoms in total. The van der Waals surface area contributed by atoms with Crippen LogP contribution >= 0.6 is 0 Å². The molecule has 2 rings (SSSR count). The minimum Gasteiger partial charge on any atom is -0.490 e. The van der Waals surface area contributed by atoms with Crippen molar-refractivity contribution in [2.75, 3.05) is 39.3 Å². The van der Waals surface area contributed by atoms with E-state index in [9.17, 15) is 0 Å².